The molecule has 1 aliphatic heterocycles. The lowest BCUT2D eigenvalue weighted by Crippen LogP contribution is -2.51. The number of hydrogen-bond donors (Lipinski definition) is 3. The maximum absolute atomic E-state index is 12.8. The van der Waals surface area contributed by atoms with E-state index < -0.39 is 12.1 Å². The molecule has 1 heterocycles. The summed E-state index contributed by atoms with van der Waals surface area (Å²) in [4.78, 5) is 27.2. The van der Waals surface area contributed by atoms with Gasteiger partial charge in [-0.05, 0) is 36.0 Å². The maximum Gasteiger partial charge on any atom is 0.243 e. The van der Waals surface area contributed by atoms with E-state index in [0.29, 0.717) is 25.9 Å². The zero-order chi connectivity index (χ0) is 20.6. The summed E-state index contributed by atoms with van der Waals surface area (Å²) < 4.78 is 0. The predicted octanol–water partition coefficient (Wildman–Crippen LogP) is 1.58. The van der Waals surface area contributed by atoms with Gasteiger partial charge in [0.2, 0.25) is 11.8 Å². The lowest BCUT2D eigenvalue weighted by molar-refractivity contribution is -0.139. The fourth-order valence-electron chi connectivity index (χ4n) is 3.59. The standard InChI is InChI=1S/C22H27N5O2.ClH/c23-19(13-16-5-2-1-3-6-16)22(29)27-12-4-7-20(27)21(28)25-14-17-8-10-18(11-9-17)15-26-24;/h1-3,5-6,8-11,15,19-20H,4,7,12-14,23-24H2,(H,25,28);1H/t19-,20+;/m1./s1. The van der Waals surface area contributed by atoms with Crippen molar-refractivity contribution in [2.75, 3.05) is 6.54 Å². The van der Waals surface area contributed by atoms with E-state index in [1.54, 1.807) is 11.1 Å². The van der Waals surface area contributed by atoms with E-state index in [-0.39, 0.29) is 24.2 Å². The van der Waals surface area contributed by atoms with Crippen LogP contribution in [0.25, 0.3) is 0 Å². The Morgan fingerprint density at radius 2 is 1.83 bits per heavy atom. The number of hydrazone groups is 1. The molecule has 0 aromatic heterocycles. The third-order valence-corrected chi connectivity index (χ3v) is 5.12. The molecule has 160 valence electrons. The summed E-state index contributed by atoms with van der Waals surface area (Å²) in [7, 11) is 0. The van der Waals surface area contributed by atoms with Gasteiger partial charge in [0.05, 0.1) is 12.3 Å². The van der Waals surface area contributed by atoms with Gasteiger partial charge in [0.25, 0.3) is 0 Å². The molecule has 8 heteroatoms. The number of nitrogens with zero attached hydrogens (tertiary/aromatic N) is 2. The highest BCUT2D eigenvalue weighted by Gasteiger charge is 2.35. The fourth-order valence-corrected chi connectivity index (χ4v) is 3.59. The summed E-state index contributed by atoms with van der Waals surface area (Å²) in [6.45, 7) is 0.958. The molecule has 30 heavy (non-hydrogen) atoms. The average molecular weight is 430 g/mol. The number of hydrogen-bond acceptors (Lipinski definition) is 5. The molecular weight excluding hydrogens is 402 g/mol. The molecule has 5 N–H and O–H groups in total. The summed E-state index contributed by atoms with van der Waals surface area (Å²) in [5.41, 5.74) is 9.02. The largest absolute Gasteiger partial charge is 0.350 e. The number of benzene rings is 2. The number of carbonyl (C=O) groups excluding carboxylic acids is 2. The Morgan fingerprint density at radius 1 is 1.13 bits per heavy atom. The van der Waals surface area contributed by atoms with Gasteiger partial charge in [0.15, 0.2) is 0 Å². The van der Waals surface area contributed by atoms with Crippen LogP contribution in [0.4, 0.5) is 0 Å². The Labute approximate surface area is 182 Å². The number of likely N-dealkylation sites (tertiary alicyclic amines) is 1. The van der Waals surface area contributed by atoms with Crippen LogP contribution >= 0.6 is 12.4 Å². The molecule has 7 nitrogen and oxygen atoms in total. The van der Waals surface area contributed by atoms with Crippen molar-refractivity contribution < 1.29 is 9.59 Å². The Balaban J connectivity index is 0.00000320. The van der Waals surface area contributed by atoms with Crippen molar-refractivity contribution in [3.8, 4) is 0 Å². The second-order valence-electron chi connectivity index (χ2n) is 7.22. The first kappa shape index (κ1) is 23.4. The molecule has 2 aromatic carbocycles. The van der Waals surface area contributed by atoms with Crippen LogP contribution in [0.5, 0.6) is 0 Å². The summed E-state index contributed by atoms with van der Waals surface area (Å²) >= 11 is 0. The zero-order valence-corrected chi connectivity index (χ0v) is 17.6. The lowest BCUT2D eigenvalue weighted by atomic mass is 10.1. The fraction of sp³-hybridized carbons (Fsp3) is 0.318. The van der Waals surface area contributed by atoms with Crippen LogP contribution in [0, 0.1) is 0 Å². The molecular formula is C22H28ClN5O2. The minimum atomic E-state index is -0.650. The summed E-state index contributed by atoms with van der Waals surface area (Å²) in [5, 5.41) is 6.42. The smallest absolute Gasteiger partial charge is 0.243 e. The molecule has 1 aliphatic rings. The molecule has 2 amide bonds. The van der Waals surface area contributed by atoms with Gasteiger partial charge in [-0.2, -0.15) is 5.10 Å². The SMILES string of the molecule is Cl.NN=Cc1ccc(CNC(=O)[C@@H]2CCCN2C(=O)[C@H](N)Cc2ccccc2)cc1. The zero-order valence-electron chi connectivity index (χ0n) is 16.7. The average Bonchev–Trinajstić information content (AvgIpc) is 3.23. The first-order chi connectivity index (χ1) is 14.1. The van der Waals surface area contributed by atoms with Crippen molar-refractivity contribution in [1.29, 1.82) is 0 Å². The van der Waals surface area contributed by atoms with E-state index >= 15 is 0 Å². The van der Waals surface area contributed by atoms with Gasteiger partial charge in [-0.3, -0.25) is 9.59 Å². The van der Waals surface area contributed by atoms with Crippen LogP contribution < -0.4 is 16.9 Å². The van der Waals surface area contributed by atoms with Gasteiger partial charge in [-0.1, -0.05) is 54.6 Å². The second-order valence-corrected chi connectivity index (χ2v) is 7.22. The van der Waals surface area contributed by atoms with Crippen molar-refractivity contribution in [3.63, 3.8) is 0 Å². The summed E-state index contributed by atoms with van der Waals surface area (Å²) in [5.74, 6) is 4.83. The molecule has 0 aliphatic carbocycles. The van der Waals surface area contributed by atoms with Crippen molar-refractivity contribution >= 4 is 30.4 Å². The van der Waals surface area contributed by atoms with Gasteiger partial charge in [-0.15, -0.1) is 12.4 Å². The number of nitrogens with two attached hydrogens (primary N) is 2. The Hall–Kier alpha value is -2.90. The van der Waals surface area contributed by atoms with Crippen molar-refractivity contribution in [2.45, 2.75) is 37.9 Å². The van der Waals surface area contributed by atoms with Crippen LogP contribution in [0.3, 0.4) is 0 Å². The highest BCUT2D eigenvalue weighted by molar-refractivity contribution is 5.90. The molecule has 0 saturated carbocycles. The quantitative estimate of drug-likeness (QED) is 0.352. The Bertz CT molecular complexity index is 858. The highest BCUT2D eigenvalue weighted by Crippen LogP contribution is 2.19. The number of amides is 2. The van der Waals surface area contributed by atoms with Crippen molar-refractivity contribution in [3.05, 3.63) is 71.3 Å². The third kappa shape index (κ3) is 6.05. The van der Waals surface area contributed by atoms with E-state index in [2.05, 4.69) is 10.4 Å². The number of halogens is 1. The summed E-state index contributed by atoms with van der Waals surface area (Å²) in [6.07, 6.45) is 3.47. The monoisotopic (exact) mass is 429 g/mol. The van der Waals surface area contributed by atoms with Crippen molar-refractivity contribution in [1.82, 2.24) is 10.2 Å². The van der Waals surface area contributed by atoms with Crippen LogP contribution in [0.15, 0.2) is 59.7 Å². The van der Waals surface area contributed by atoms with Gasteiger partial charge in [0, 0.05) is 13.1 Å². The van der Waals surface area contributed by atoms with Crippen LogP contribution in [-0.2, 0) is 22.6 Å². The van der Waals surface area contributed by atoms with Crippen LogP contribution in [0.2, 0.25) is 0 Å². The van der Waals surface area contributed by atoms with Crippen molar-refractivity contribution in [2.24, 2.45) is 16.7 Å². The number of rotatable bonds is 7. The van der Waals surface area contributed by atoms with E-state index in [1.807, 2.05) is 54.6 Å². The summed E-state index contributed by atoms with van der Waals surface area (Å²) in [6, 6.07) is 16.1. The molecule has 0 radical (unpaired) electrons. The number of nitrogens with one attached hydrogen (secondary N) is 1. The minimum absolute atomic E-state index is 0. The minimum Gasteiger partial charge on any atom is -0.350 e. The van der Waals surface area contributed by atoms with E-state index in [1.165, 1.54) is 0 Å². The highest BCUT2D eigenvalue weighted by atomic mass is 35.5. The first-order valence-corrected chi connectivity index (χ1v) is 9.78. The third-order valence-electron chi connectivity index (χ3n) is 5.12. The van der Waals surface area contributed by atoms with Gasteiger partial charge >= 0.3 is 0 Å². The Kier molecular flexibility index (Phi) is 8.83. The van der Waals surface area contributed by atoms with E-state index in [9.17, 15) is 9.59 Å². The topological polar surface area (TPSA) is 114 Å². The molecule has 2 atom stereocenters. The first-order valence-electron chi connectivity index (χ1n) is 9.78. The number of carbonyl (C=O) groups is 2. The van der Waals surface area contributed by atoms with Gasteiger partial charge in [-0.25, -0.2) is 0 Å². The molecule has 0 spiro atoms. The molecule has 0 unspecified atom stereocenters. The van der Waals surface area contributed by atoms with Crippen LogP contribution in [-0.4, -0.2) is 41.6 Å². The Morgan fingerprint density at radius 3 is 2.50 bits per heavy atom. The normalized spacial score (nSPS) is 16.8. The molecule has 1 saturated heterocycles. The molecule has 1 fully saturated rings. The lowest BCUT2D eigenvalue weighted by Gasteiger charge is -2.26. The van der Waals surface area contributed by atoms with Gasteiger partial charge < -0.3 is 21.8 Å². The van der Waals surface area contributed by atoms with Crippen LogP contribution in [0.1, 0.15) is 29.5 Å². The van der Waals surface area contributed by atoms with E-state index in [0.717, 1.165) is 23.1 Å². The van der Waals surface area contributed by atoms with Gasteiger partial charge in [0.1, 0.15) is 6.04 Å². The molecule has 0 bridgehead atoms. The molecule has 2 aromatic rings. The predicted molar refractivity (Wildman–Crippen MR) is 120 cm³/mol. The van der Waals surface area contributed by atoms with E-state index in [4.69, 9.17) is 11.6 Å². The molecule has 3 rings (SSSR count). The maximum atomic E-state index is 12.8. The second kappa shape index (κ2) is 11.3.